The minimum absolute atomic E-state index is 0.0233. The lowest BCUT2D eigenvalue weighted by Crippen LogP contribution is -2.48. The summed E-state index contributed by atoms with van der Waals surface area (Å²) in [5.74, 6) is -0.0592. The number of rotatable bonds is 5. The predicted octanol–water partition coefficient (Wildman–Crippen LogP) is 0.535. The molecule has 0 aliphatic heterocycles. The fraction of sp³-hybridized carbons (Fsp3) is 0.846. The van der Waals surface area contributed by atoms with E-state index in [1.165, 1.54) is 0 Å². The Labute approximate surface area is 109 Å². The Kier molecular flexibility index (Phi) is 5.14. The second-order valence-corrected chi connectivity index (χ2v) is 5.64. The van der Waals surface area contributed by atoms with E-state index in [1.807, 2.05) is 20.8 Å². The predicted molar refractivity (Wildman–Crippen MR) is 70.8 cm³/mol. The van der Waals surface area contributed by atoms with E-state index in [0.717, 1.165) is 19.3 Å². The standard InChI is InChI=1S/C13H25N3O2/c1-9(2)16-11(17)6-8-15-12(18)13(3)7-4-5-10(13)14/h9-10H,4-8,14H2,1-3H3,(H,15,18)(H,16,17). The zero-order valence-electron chi connectivity index (χ0n) is 11.6. The number of nitrogens with two attached hydrogens (primary N) is 1. The van der Waals surface area contributed by atoms with Crippen molar-refractivity contribution in [3.63, 3.8) is 0 Å². The third kappa shape index (κ3) is 3.70. The van der Waals surface area contributed by atoms with Crippen molar-refractivity contribution in [1.29, 1.82) is 0 Å². The molecule has 0 aromatic carbocycles. The summed E-state index contributed by atoms with van der Waals surface area (Å²) < 4.78 is 0. The maximum Gasteiger partial charge on any atom is 0.227 e. The highest BCUT2D eigenvalue weighted by atomic mass is 16.2. The lowest BCUT2D eigenvalue weighted by atomic mass is 9.84. The van der Waals surface area contributed by atoms with Gasteiger partial charge in [-0.2, -0.15) is 0 Å². The largest absolute Gasteiger partial charge is 0.355 e. The normalized spacial score (nSPS) is 27.3. The minimum Gasteiger partial charge on any atom is -0.355 e. The van der Waals surface area contributed by atoms with Crippen LogP contribution in [-0.2, 0) is 9.59 Å². The summed E-state index contributed by atoms with van der Waals surface area (Å²) in [6.07, 6.45) is 3.05. The van der Waals surface area contributed by atoms with Gasteiger partial charge < -0.3 is 16.4 Å². The Morgan fingerprint density at radius 1 is 1.44 bits per heavy atom. The van der Waals surface area contributed by atoms with Gasteiger partial charge in [0.25, 0.3) is 0 Å². The average molecular weight is 255 g/mol. The average Bonchev–Trinajstić information content (AvgIpc) is 2.59. The first kappa shape index (κ1) is 15.0. The van der Waals surface area contributed by atoms with Crippen molar-refractivity contribution < 1.29 is 9.59 Å². The summed E-state index contributed by atoms with van der Waals surface area (Å²) in [6, 6.07) is 0.0657. The molecule has 5 nitrogen and oxygen atoms in total. The van der Waals surface area contributed by atoms with Crippen LogP contribution < -0.4 is 16.4 Å². The smallest absolute Gasteiger partial charge is 0.227 e. The van der Waals surface area contributed by atoms with Crippen LogP contribution in [-0.4, -0.2) is 30.4 Å². The zero-order valence-corrected chi connectivity index (χ0v) is 11.6. The summed E-state index contributed by atoms with van der Waals surface area (Å²) in [5.41, 5.74) is 5.51. The molecule has 0 aromatic rings. The number of nitrogens with one attached hydrogen (secondary N) is 2. The Bertz CT molecular complexity index is 317. The lowest BCUT2D eigenvalue weighted by molar-refractivity contribution is -0.130. The van der Waals surface area contributed by atoms with Crippen LogP contribution in [0.4, 0.5) is 0 Å². The molecule has 0 saturated heterocycles. The van der Waals surface area contributed by atoms with Gasteiger partial charge in [0.05, 0.1) is 5.41 Å². The topological polar surface area (TPSA) is 84.2 Å². The van der Waals surface area contributed by atoms with Crippen LogP contribution in [0.5, 0.6) is 0 Å². The summed E-state index contributed by atoms with van der Waals surface area (Å²) in [7, 11) is 0. The minimum atomic E-state index is -0.464. The van der Waals surface area contributed by atoms with Gasteiger partial charge in [-0.3, -0.25) is 9.59 Å². The molecule has 5 heteroatoms. The summed E-state index contributed by atoms with van der Waals surface area (Å²) in [4.78, 5) is 23.5. The van der Waals surface area contributed by atoms with Crippen LogP contribution in [0.1, 0.15) is 46.5 Å². The second kappa shape index (κ2) is 6.18. The van der Waals surface area contributed by atoms with Crippen LogP contribution in [0.15, 0.2) is 0 Å². The molecule has 4 N–H and O–H groups in total. The van der Waals surface area contributed by atoms with Gasteiger partial charge in [0.1, 0.15) is 0 Å². The van der Waals surface area contributed by atoms with Crippen molar-refractivity contribution in [1.82, 2.24) is 10.6 Å². The van der Waals surface area contributed by atoms with E-state index < -0.39 is 5.41 Å². The highest BCUT2D eigenvalue weighted by Gasteiger charge is 2.42. The third-order valence-electron chi connectivity index (χ3n) is 3.64. The molecule has 0 spiro atoms. The highest BCUT2D eigenvalue weighted by molar-refractivity contribution is 5.84. The first-order valence-corrected chi connectivity index (χ1v) is 6.69. The molecule has 1 fully saturated rings. The summed E-state index contributed by atoms with van der Waals surface area (Å²) in [5, 5.41) is 5.61. The van der Waals surface area contributed by atoms with Gasteiger partial charge >= 0.3 is 0 Å². The Balaban J connectivity index is 2.31. The SMILES string of the molecule is CC(C)NC(=O)CCNC(=O)C1(C)CCCC1N. The van der Waals surface area contributed by atoms with E-state index in [-0.39, 0.29) is 23.9 Å². The van der Waals surface area contributed by atoms with Crippen molar-refractivity contribution >= 4 is 11.8 Å². The van der Waals surface area contributed by atoms with E-state index in [9.17, 15) is 9.59 Å². The van der Waals surface area contributed by atoms with E-state index in [2.05, 4.69) is 10.6 Å². The molecule has 1 rings (SSSR count). The fourth-order valence-electron chi connectivity index (χ4n) is 2.36. The number of amides is 2. The second-order valence-electron chi connectivity index (χ2n) is 5.64. The first-order chi connectivity index (χ1) is 8.36. The summed E-state index contributed by atoms with van der Waals surface area (Å²) >= 11 is 0. The number of hydrogen-bond acceptors (Lipinski definition) is 3. The monoisotopic (exact) mass is 255 g/mol. The molecule has 2 unspecified atom stereocenters. The maximum atomic E-state index is 12.1. The fourth-order valence-corrected chi connectivity index (χ4v) is 2.36. The van der Waals surface area contributed by atoms with Crippen LogP contribution in [0.3, 0.4) is 0 Å². The van der Waals surface area contributed by atoms with E-state index in [0.29, 0.717) is 13.0 Å². The van der Waals surface area contributed by atoms with Crippen molar-refractivity contribution in [3.05, 3.63) is 0 Å². The van der Waals surface area contributed by atoms with E-state index >= 15 is 0 Å². The molecule has 18 heavy (non-hydrogen) atoms. The summed E-state index contributed by atoms with van der Waals surface area (Å²) in [6.45, 7) is 6.11. The molecule has 0 aromatic heterocycles. The van der Waals surface area contributed by atoms with E-state index in [4.69, 9.17) is 5.73 Å². The zero-order chi connectivity index (χ0) is 13.8. The third-order valence-corrected chi connectivity index (χ3v) is 3.64. The Hall–Kier alpha value is -1.10. The van der Waals surface area contributed by atoms with Crippen molar-refractivity contribution in [2.75, 3.05) is 6.54 Å². The van der Waals surface area contributed by atoms with Gasteiger partial charge in [-0.1, -0.05) is 6.42 Å². The maximum absolute atomic E-state index is 12.1. The van der Waals surface area contributed by atoms with Crippen LogP contribution >= 0.6 is 0 Å². The van der Waals surface area contributed by atoms with Crippen LogP contribution in [0.25, 0.3) is 0 Å². The molecular formula is C13H25N3O2. The van der Waals surface area contributed by atoms with Gasteiger partial charge in [0, 0.05) is 25.0 Å². The Morgan fingerprint density at radius 3 is 2.61 bits per heavy atom. The van der Waals surface area contributed by atoms with Crippen LogP contribution in [0.2, 0.25) is 0 Å². The van der Waals surface area contributed by atoms with Crippen molar-refractivity contribution in [2.45, 2.75) is 58.5 Å². The van der Waals surface area contributed by atoms with E-state index in [1.54, 1.807) is 0 Å². The molecule has 0 radical (unpaired) electrons. The van der Waals surface area contributed by atoms with Crippen LogP contribution in [0, 0.1) is 5.41 Å². The molecule has 0 heterocycles. The molecule has 2 atom stereocenters. The number of carbonyl (C=O) groups is 2. The van der Waals surface area contributed by atoms with Gasteiger partial charge in [-0.25, -0.2) is 0 Å². The first-order valence-electron chi connectivity index (χ1n) is 6.69. The molecule has 2 amide bonds. The van der Waals surface area contributed by atoms with Gasteiger partial charge in [-0.05, 0) is 33.6 Å². The number of hydrogen-bond donors (Lipinski definition) is 3. The quantitative estimate of drug-likeness (QED) is 0.670. The molecular weight excluding hydrogens is 230 g/mol. The molecule has 1 aliphatic carbocycles. The Morgan fingerprint density at radius 2 is 2.11 bits per heavy atom. The number of carbonyl (C=O) groups excluding carboxylic acids is 2. The highest BCUT2D eigenvalue weighted by Crippen LogP contribution is 2.36. The van der Waals surface area contributed by atoms with Gasteiger partial charge in [-0.15, -0.1) is 0 Å². The van der Waals surface area contributed by atoms with Crippen molar-refractivity contribution in [3.8, 4) is 0 Å². The molecule has 1 aliphatic rings. The lowest BCUT2D eigenvalue weighted by Gasteiger charge is -2.27. The molecule has 1 saturated carbocycles. The van der Waals surface area contributed by atoms with Crippen molar-refractivity contribution in [2.24, 2.45) is 11.1 Å². The molecule has 0 bridgehead atoms. The van der Waals surface area contributed by atoms with Gasteiger partial charge in [0.15, 0.2) is 0 Å². The molecule has 104 valence electrons. The van der Waals surface area contributed by atoms with Gasteiger partial charge in [0.2, 0.25) is 11.8 Å².